The van der Waals surface area contributed by atoms with Gasteiger partial charge in [-0.05, 0) is 20.3 Å². The Bertz CT molecular complexity index is 380. The number of hydrogen-bond donors (Lipinski definition) is 1. The fourth-order valence-electron chi connectivity index (χ4n) is 2.42. The van der Waals surface area contributed by atoms with Gasteiger partial charge in [0.2, 0.25) is 0 Å². The van der Waals surface area contributed by atoms with Crippen LogP contribution < -0.4 is 10.6 Å². The van der Waals surface area contributed by atoms with E-state index in [0.717, 1.165) is 38.4 Å². The number of aryl methyl sites for hydroxylation is 2. The highest BCUT2D eigenvalue weighted by Gasteiger charge is 2.21. The van der Waals surface area contributed by atoms with Gasteiger partial charge < -0.3 is 15.4 Å². The predicted molar refractivity (Wildman–Crippen MR) is 68.3 cm³/mol. The van der Waals surface area contributed by atoms with Crippen LogP contribution in [0.1, 0.15) is 18.2 Å². The molecule has 1 aromatic rings. The van der Waals surface area contributed by atoms with Gasteiger partial charge in [-0.25, -0.2) is 0 Å². The Hall–Kier alpha value is -1.07. The van der Waals surface area contributed by atoms with Crippen LogP contribution in [0.4, 0.5) is 5.82 Å². The molecule has 96 valence electrons. The van der Waals surface area contributed by atoms with Crippen LogP contribution in [0.3, 0.4) is 0 Å². The van der Waals surface area contributed by atoms with Crippen LogP contribution in [0.25, 0.3) is 0 Å². The van der Waals surface area contributed by atoms with E-state index in [2.05, 4.69) is 16.9 Å². The molecule has 0 saturated carbocycles. The molecule has 2 N–H and O–H groups in total. The van der Waals surface area contributed by atoms with Crippen molar-refractivity contribution in [1.29, 1.82) is 0 Å². The second-order valence-electron chi connectivity index (χ2n) is 4.79. The number of aromatic nitrogens is 2. The molecular weight excluding hydrogens is 216 g/mol. The van der Waals surface area contributed by atoms with Crippen LogP contribution >= 0.6 is 0 Å². The molecule has 1 atom stereocenters. The number of nitrogens with zero attached hydrogens (tertiary/aromatic N) is 3. The molecule has 1 unspecified atom stereocenters. The highest BCUT2D eigenvalue weighted by Crippen LogP contribution is 2.25. The number of hydrogen-bond acceptors (Lipinski definition) is 4. The molecule has 1 fully saturated rings. The van der Waals surface area contributed by atoms with Gasteiger partial charge in [-0.3, -0.25) is 4.68 Å². The molecule has 17 heavy (non-hydrogen) atoms. The molecular formula is C12H22N4O. The van der Waals surface area contributed by atoms with Gasteiger partial charge in [0.25, 0.3) is 0 Å². The van der Waals surface area contributed by atoms with Crippen LogP contribution in [0.15, 0.2) is 0 Å². The highest BCUT2D eigenvalue weighted by molar-refractivity contribution is 5.50. The van der Waals surface area contributed by atoms with E-state index >= 15 is 0 Å². The van der Waals surface area contributed by atoms with E-state index in [1.165, 1.54) is 11.4 Å². The smallest absolute Gasteiger partial charge is 0.130 e. The van der Waals surface area contributed by atoms with Gasteiger partial charge in [-0.1, -0.05) is 0 Å². The summed E-state index contributed by atoms with van der Waals surface area (Å²) in [6, 6.07) is 0.165. The average molecular weight is 238 g/mol. The molecule has 5 nitrogen and oxygen atoms in total. The van der Waals surface area contributed by atoms with E-state index in [0.29, 0.717) is 0 Å². The number of ether oxygens (including phenoxy) is 1. The van der Waals surface area contributed by atoms with E-state index in [-0.39, 0.29) is 6.04 Å². The molecule has 2 heterocycles. The zero-order valence-corrected chi connectivity index (χ0v) is 10.9. The second kappa shape index (κ2) is 5.06. The second-order valence-corrected chi connectivity index (χ2v) is 4.79. The molecule has 0 aromatic carbocycles. The molecule has 1 aliphatic rings. The Morgan fingerprint density at radius 2 is 2.06 bits per heavy atom. The van der Waals surface area contributed by atoms with Crippen LogP contribution in [-0.2, 0) is 18.2 Å². The summed E-state index contributed by atoms with van der Waals surface area (Å²) in [5, 5.41) is 4.52. The maximum atomic E-state index is 5.92. The van der Waals surface area contributed by atoms with Crippen molar-refractivity contribution in [3.63, 3.8) is 0 Å². The Morgan fingerprint density at radius 1 is 1.41 bits per heavy atom. The van der Waals surface area contributed by atoms with Gasteiger partial charge in [0.05, 0.1) is 18.9 Å². The fourth-order valence-corrected chi connectivity index (χ4v) is 2.42. The molecule has 1 aliphatic heterocycles. The standard InChI is InChI=1S/C12H22N4O/c1-9(13)8-11-10(2)14-15(3)12(11)16-4-6-17-7-5-16/h9H,4-8,13H2,1-3H3. The summed E-state index contributed by atoms with van der Waals surface area (Å²) in [4.78, 5) is 2.35. The van der Waals surface area contributed by atoms with Crippen LogP contribution in [0, 0.1) is 6.92 Å². The zero-order valence-electron chi connectivity index (χ0n) is 10.9. The first-order chi connectivity index (χ1) is 8.09. The summed E-state index contributed by atoms with van der Waals surface area (Å²) in [6.45, 7) is 7.55. The third-order valence-electron chi connectivity index (χ3n) is 3.15. The molecule has 1 saturated heterocycles. The topological polar surface area (TPSA) is 56.3 Å². The SMILES string of the molecule is Cc1nn(C)c(N2CCOCC2)c1CC(C)N. The first-order valence-electron chi connectivity index (χ1n) is 6.20. The minimum absolute atomic E-state index is 0.165. The lowest BCUT2D eigenvalue weighted by atomic mass is 10.1. The Kier molecular flexibility index (Phi) is 3.69. The summed E-state index contributed by atoms with van der Waals surface area (Å²) < 4.78 is 7.36. The molecule has 1 aromatic heterocycles. The van der Waals surface area contributed by atoms with Gasteiger partial charge in [0, 0.05) is 31.7 Å². The van der Waals surface area contributed by atoms with Crippen molar-refractivity contribution >= 4 is 5.82 Å². The van der Waals surface area contributed by atoms with Crippen LogP contribution in [-0.4, -0.2) is 42.1 Å². The van der Waals surface area contributed by atoms with Crippen LogP contribution in [0.2, 0.25) is 0 Å². The number of nitrogens with two attached hydrogens (primary N) is 1. The third-order valence-corrected chi connectivity index (χ3v) is 3.15. The predicted octanol–water partition coefficient (Wildman–Crippen LogP) is 0.455. The molecule has 0 aliphatic carbocycles. The lowest BCUT2D eigenvalue weighted by Gasteiger charge is -2.29. The van der Waals surface area contributed by atoms with Crippen molar-refractivity contribution in [2.45, 2.75) is 26.3 Å². The molecule has 0 amide bonds. The average Bonchev–Trinajstić information content (AvgIpc) is 2.54. The summed E-state index contributed by atoms with van der Waals surface area (Å²) in [5.74, 6) is 1.21. The van der Waals surface area contributed by atoms with E-state index < -0.39 is 0 Å². The van der Waals surface area contributed by atoms with Crippen molar-refractivity contribution < 1.29 is 4.74 Å². The molecule has 0 radical (unpaired) electrons. The first kappa shape index (κ1) is 12.4. The maximum Gasteiger partial charge on any atom is 0.130 e. The van der Waals surface area contributed by atoms with Crippen LogP contribution in [0.5, 0.6) is 0 Å². The summed E-state index contributed by atoms with van der Waals surface area (Å²) in [6.07, 6.45) is 0.881. The summed E-state index contributed by atoms with van der Waals surface area (Å²) in [7, 11) is 2.00. The third kappa shape index (κ3) is 2.61. The van der Waals surface area contributed by atoms with Crippen molar-refractivity contribution in [2.75, 3.05) is 31.2 Å². The number of rotatable bonds is 3. The van der Waals surface area contributed by atoms with Gasteiger partial charge in [0.15, 0.2) is 0 Å². The van der Waals surface area contributed by atoms with E-state index in [1.54, 1.807) is 0 Å². The van der Waals surface area contributed by atoms with Gasteiger partial charge in [-0.2, -0.15) is 5.10 Å². The Morgan fingerprint density at radius 3 is 2.65 bits per heavy atom. The minimum Gasteiger partial charge on any atom is -0.378 e. The number of anilines is 1. The van der Waals surface area contributed by atoms with Crippen molar-refractivity contribution in [1.82, 2.24) is 9.78 Å². The largest absolute Gasteiger partial charge is 0.378 e. The van der Waals surface area contributed by atoms with E-state index in [4.69, 9.17) is 10.5 Å². The monoisotopic (exact) mass is 238 g/mol. The van der Waals surface area contributed by atoms with Gasteiger partial charge in [0.1, 0.15) is 5.82 Å². The quantitative estimate of drug-likeness (QED) is 0.831. The van der Waals surface area contributed by atoms with E-state index in [1.807, 2.05) is 18.7 Å². The molecule has 0 bridgehead atoms. The van der Waals surface area contributed by atoms with Crippen molar-refractivity contribution in [3.8, 4) is 0 Å². The van der Waals surface area contributed by atoms with Crippen molar-refractivity contribution in [2.24, 2.45) is 12.8 Å². The summed E-state index contributed by atoms with van der Waals surface area (Å²) >= 11 is 0. The fraction of sp³-hybridized carbons (Fsp3) is 0.750. The summed E-state index contributed by atoms with van der Waals surface area (Å²) in [5.41, 5.74) is 8.29. The van der Waals surface area contributed by atoms with Gasteiger partial charge >= 0.3 is 0 Å². The normalized spacial score (nSPS) is 18.5. The van der Waals surface area contributed by atoms with E-state index in [9.17, 15) is 0 Å². The zero-order chi connectivity index (χ0) is 12.4. The first-order valence-corrected chi connectivity index (χ1v) is 6.20. The Balaban J connectivity index is 2.29. The molecule has 2 rings (SSSR count). The maximum absolute atomic E-state index is 5.92. The molecule has 0 spiro atoms. The van der Waals surface area contributed by atoms with Gasteiger partial charge in [-0.15, -0.1) is 0 Å². The lowest BCUT2D eigenvalue weighted by molar-refractivity contribution is 0.122. The number of morpholine rings is 1. The molecule has 5 heteroatoms. The minimum atomic E-state index is 0.165. The lowest BCUT2D eigenvalue weighted by Crippen LogP contribution is -2.38. The Labute approximate surface area is 103 Å². The highest BCUT2D eigenvalue weighted by atomic mass is 16.5. The van der Waals surface area contributed by atoms with Crippen molar-refractivity contribution in [3.05, 3.63) is 11.3 Å².